The van der Waals surface area contributed by atoms with Crippen molar-refractivity contribution in [2.45, 2.75) is 45.1 Å². The molecule has 2 N–H and O–H groups in total. The summed E-state index contributed by atoms with van der Waals surface area (Å²) in [7, 11) is 0. The van der Waals surface area contributed by atoms with Crippen molar-refractivity contribution >= 4 is 17.8 Å². The number of primary amides is 1. The third-order valence-electron chi connectivity index (χ3n) is 4.82. The quantitative estimate of drug-likeness (QED) is 0.876. The molecule has 0 aromatic carbocycles. The molecule has 8 heteroatoms. The highest BCUT2D eigenvalue weighted by molar-refractivity contribution is 5.77. The molecular formula is C18H27N5O3. The predicted molar refractivity (Wildman–Crippen MR) is 96.7 cm³/mol. The number of ether oxygens (including phenoxy) is 1. The first-order valence-corrected chi connectivity index (χ1v) is 9.07. The molecule has 0 atom stereocenters. The largest absolute Gasteiger partial charge is 0.444 e. The second-order valence-corrected chi connectivity index (χ2v) is 8.01. The molecule has 0 unspecified atom stereocenters. The normalized spacial score (nSPS) is 19.2. The number of piperidine rings is 1. The summed E-state index contributed by atoms with van der Waals surface area (Å²) in [4.78, 5) is 36.4. The molecular weight excluding hydrogens is 334 g/mol. The Morgan fingerprint density at radius 1 is 1.15 bits per heavy atom. The van der Waals surface area contributed by atoms with Crippen LogP contribution in [-0.2, 0) is 9.53 Å². The Kier molecular flexibility index (Phi) is 5.02. The van der Waals surface area contributed by atoms with E-state index in [0.29, 0.717) is 13.1 Å². The molecule has 1 aromatic heterocycles. The monoisotopic (exact) mass is 361 g/mol. The van der Waals surface area contributed by atoms with Crippen LogP contribution in [-0.4, -0.2) is 58.6 Å². The van der Waals surface area contributed by atoms with Gasteiger partial charge in [0.15, 0.2) is 5.82 Å². The van der Waals surface area contributed by atoms with Crippen LogP contribution in [0.4, 0.5) is 10.6 Å². The Morgan fingerprint density at radius 2 is 1.77 bits per heavy atom. The second-order valence-electron chi connectivity index (χ2n) is 8.01. The van der Waals surface area contributed by atoms with Crippen molar-refractivity contribution in [3.05, 3.63) is 18.1 Å². The topological polar surface area (TPSA) is 102 Å². The number of nitrogens with zero attached hydrogens (tertiary/aromatic N) is 4. The van der Waals surface area contributed by atoms with Gasteiger partial charge in [-0.15, -0.1) is 0 Å². The highest BCUT2D eigenvalue weighted by Gasteiger charge is 2.38. The van der Waals surface area contributed by atoms with Gasteiger partial charge in [0.2, 0.25) is 5.91 Å². The van der Waals surface area contributed by atoms with E-state index in [-0.39, 0.29) is 23.8 Å². The number of rotatable bonds is 3. The first-order valence-electron chi connectivity index (χ1n) is 9.07. The van der Waals surface area contributed by atoms with Crippen LogP contribution in [0.25, 0.3) is 0 Å². The number of aromatic nitrogens is 2. The summed E-state index contributed by atoms with van der Waals surface area (Å²) in [6, 6.07) is 0. The van der Waals surface area contributed by atoms with Crippen molar-refractivity contribution in [3.8, 4) is 0 Å². The van der Waals surface area contributed by atoms with Crippen LogP contribution in [0, 0.1) is 5.92 Å². The van der Waals surface area contributed by atoms with Gasteiger partial charge in [0, 0.05) is 50.4 Å². The molecule has 0 bridgehead atoms. The van der Waals surface area contributed by atoms with Gasteiger partial charge in [-0.25, -0.2) is 9.78 Å². The van der Waals surface area contributed by atoms with Crippen LogP contribution in [0.5, 0.6) is 0 Å². The molecule has 2 saturated heterocycles. The van der Waals surface area contributed by atoms with E-state index in [4.69, 9.17) is 10.5 Å². The first kappa shape index (κ1) is 18.4. The van der Waals surface area contributed by atoms with Crippen LogP contribution in [0.15, 0.2) is 12.4 Å². The smallest absolute Gasteiger partial charge is 0.410 e. The van der Waals surface area contributed by atoms with Gasteiger partial charge in [-0.2, -0.15) is 0 Å². The summed E-state index contributed by atoms with van der Waals surface area (Å²) < 4.78 is 5.40. The zero-order chi connectivity index (χ0) is 18.9. The summed E-state index contributed by atoms with van der Waals surface area (Å²) in [5, 5.41) is 0. The molecule has 3 heterocycles. The molecule has 0 radical (unpaired) electrons. The number of amides is 2. The van der Waals surface area contributed by atoms with E-state index in [0.717, 1.165) is 37.4 Å². The molecule has 0 saturated carbocycles. The Hall–Kier alpha value is -2.38. The fourth-order valence-electron chi connectivity index (χ4n) is 3.38. The van der Waals surface area contributed by atoms with Crippen LogP contribution in [0.3, 0.4) is 0 Å². The minimum Gasteiger partial charge on any atom is -0.444 e. The third-order valence-corrected chi connectivity index (χ3v) is 4.82. The van der Waals surface area contributed by atoms with Crippen LogP contribution >= 0.6 is 0 Å². The first-order chi connectivity index (χ1) is 12.2. The highest BCUT2D eigenvalue weighted by atomic mass is 16.6. The van der Waals surface area contributed by atoms with E-state index >= 15 is 0 Å². The van der Waals surface area contributed by atoms with Crippen molar-refractivity contribution in [1.29, 1.82) is 0 Å². The molecule has 2 amide bonds. The fraction of sp³-hybridized carbons (Fsp3) is 0.667. The lowest BCUT2D eigenvalue weighted by atomic mass is 9.93. The minimum atomic E-state index is -0.495. The molecule has 8 nitrogen and oxygen atoms in total. The summed E-state index contributed by atoms with van der Waals surface area (Å²) in [5.41, 5.74) is 5.82. The lowest BCUT2D eigenvalue weighted by Gasteiger charge is -2.41. The number of likely N-dealkylation sites (tertiary alicyclic amines) is 1. The van der Waals surface area contributed by atoms with Crippen molar-refractivity contribution in [2.75, 3.05) is 31.1 Å². The van der Waals surface area contributed by atoms with Gasteiger partial charge in [0.05, 0.1) is 5.69 Å². The zero-order valence-corrected chi connectivity index (χ0v) is 15.6. The van der Waals surface area contributed by atoms with E-state index in [2.05, 4.69) is 14.9 Å². The van der Waals surface area contributed by atoms with E-state index < -0.39 is 5.60 Å². The lowest BCUT2D eigenvalue weighted by molar-refractivity contribution is -0.122. The van der Waals surface area contributed by atoms with Gasteiger partial charge in [0.1, 0.15) is 5.60 Å². The Labute approximate surface area is 153 Å². The SMILES string of the molecule is CC(C)(C)OC(=O)N1CC(c2nccnc2N2CCC(C(N)=O)CC2)C1. The average Bonchev–Trinajstić information content (AvgIpc) is 2.52. The maximum atomic E-state index is 12.1. The Morgan fingerprint density at radius 3 is 2.35 bits per heavy atom. The van der Waals surface area contributed by atoms with E-state index in [1.165, 1.54) is 0 Å². The molecule has 2 aliphatic heterocycles. The molecule has 2 fully saturated rings. The minimum absolute atomic E-state index is 0.0577. The molecule has 26 heavy (non-hydrogen) atoms. The summed E-state index contributed by atoms with van der Waals surface area (Å²) >= 11 is 0. The fourth-order valence-corrected chi connectivity index (χ4v) is 3.38. The van der Waals surface area contributed by atoms with E-state index in [1.807, 2.05) is 20.8 Å². The summed E-state index contributed by atoms with van der Waals surface area (Å²) in [6.45, 7) is 8.22. The number of carbonyl (C=O) groups is 2. The van der Waals surface area contributed by atoms with Gasteiger partial charge in [-0.05, 0) is 33.6 Å². The second kappa shape index (κ2) is 7.09. The van der Waals surface area contributed by atoms with E-state index in [1.54, 1.807) is 17.3 Å². The molecule has 0 spiro atoms. The number of hydrogen-bond acceptors (Lipinski definition) is 6. The Bertz CT molecular complexity index is 674. The van der Waals surface area contributed by atoms with Crippen molar-refractivity contribution < 1.29 is 14.3 Å². The van der Waals surface area contributed by atoms with Gasteiger partial charge >= 0.3 is 6.09 Å². The Balaban J connectivity index is 1.63. The maximum Gasteiger partial charge on any atom is 0.410 e. The molecule has 3 rings (SSSR count). The van der Waals surface area contributed by atoms with Crippen molar-refractivity contribution in [3.63, 3.8) is 0 Å². The molecule has 0 aliphatic carbocycles. The summed E-state index contributed by atoms with van der Waals surface area (Å²) in [6.07, 6.45) is 4.55. The number of anilines is 1. The summed E-state index contributed by atoms with van der Waals surface area (Å²) in [5.74, 6) is 0.720. The third kappa shape index (κ3) is 4.05. The zero-order valence-electron chi connectivity index (χ0n) is 15.6. The lowest BCUT2D eigenvalue weighted by Crippen LogP contribution is -2.51. The van der Waals surface area contributed by atoms with Gasteiger partial charge in [0.25, 0.3) is 0 Å². The number of nitrogens with two attached hydrogens (primary N) is 1. The molecule has 1 aromatic rings. The van der Waals surface area contributed by atoms with Gasteiger partial charge < -0.3 is 20.3 Å². The van der Waals surface area contributed by atoms with Gasteiger partial charge in [-0.1, -0.05) is 0 Å². The van der Waals surface area contributed by atoms with Crippen molar-refractivity contribution in [2.24, 2.45) is 11.7 Å². The molecule has 2 aliphatic rings. The van der Waals surface area contributed by atoms with Gasteiger partial charge in [-0.3, -0.25) is 9.78 Å². The standard InChI is InChI=1S/C18H27N5O3/c1-18(2,3)26-17(25)23-10-13(11-23)14-16(21-7-6-20-14)22-8-4-12(5-9-22)15(19)24/h6-7,12-13H,4-5,8-11H2,1-3H3,(H2,19,24). The highest BCUT2D eigenvalue weighted by Crippen LogP contribution is 2.33. The predicted octanol–water partition coefficient (Wildman–Crippen LogP) is 1.51. The van der Waals surface area contributed by atoms with Crippen molar-refractivity contribution in [1.82, 2.24) is 14.9 Å². The average molecular weight is 361 g/mol. The van der Waals surface area contributed by atoms with E-state index in [9.17, 15) is 9.59 Å². The number of carbonyl (C=O) groups excluding carboxylic acids is 2. The van der Waals surface area contributed by atoms with Crippen LogP contribution in [0.2, 0.25) is 0 Å². The maximum absolute atomic E-state index is 12.1. The molecule has 142 valence electrons. The van der Waals surface area contributed by atoms with Crippen LogP contribution in [0.1, 0.15) is 45.2 Å². The number of hydrogen-bond donors (Lipinski definition) is 1. The van der Waals surface area contributed by atoms with Crippen LogP contribution < -0.4 is 10.6 Å².